The van der Waals surface area contributed by atoms with Gasteiger partial charge in [-0.05, 0) is 30.5 Å². The fourth-order valence-electron chi connectivity index (χ4n) is 2.07. The van der Waals surface area contributed by atoms with E-state index < -0.39 is 16.0 Å². The van der Waals surface area contributed by atoms with E-state index in [0.29, 0.717) is 12.1 Å². The highest BCUT2D eigenvalue weighted by Crippen LogP contribution is 2.30. The monoisotopic (exact) mass is 295 g/mol. The SMILES string of the molecule is C=CCN(C1CC1)S(=O)(=O)Cc1cccc(C(=O)O)c1. The van der Waals surface area contributed by atoms with E-state index in [1.54, 1.807) is 18.2 Å². The van der Waals surface area contributed by atoms with Gasteiger partial charge in [-0.1, -0.05) is 18.2 Å². The maximum Gasteiger partial charge on any atom is 0.335 e. The molecule has 0 amide bonds. The Morgan fingerprint density at radius 1 is 1.45 bits per heavy atom. The minimum atomic E-state index is -3.45. The summed E-state index contributed by atoms with van der Waals surface area (Å²) in [7, 11) is -3.45. The van der Waals surface area contributed by atoms with Crippen LogP contribution in [0.4, 0.5) is 0 Å². The minimum Gasteiger partial charge on any atom is -0.478 e. The van der Waals surface area contributed by atoms with Crippen molar-refractivity contribution >= 4 is 16.0 Å². The maximum atomic E-state index is 12.4. The zero-order valence-electron chi connectivity index (χ0n) is 11.0. The first-order valence-corrected chi connectivity index (χ1v) is 7.97. The van der Waals surface area contributed by atoms with Gasteiger partial charge in [0.25, 0.3) is 0 Å². The maximum absolute atomic E-state index is 12.4. The largest absolute Gasteiger partial charge is 0.478 e. The van der Waals surface area contributed by atoms with Crippen LogP contribution in [0.1, 0.15) is 28.8 Å². The Kier molecular flexibility index (Phi) is 4.25. The quantitative estimate of drug-likeness (QED) is 0.779. The van der Waals surface area contributed by atoms with Crippen molar-refractivity contribution in [2.75, 3.05) is 6.54 Å². The number of hydrogen-bond acceptors (Lipinski definition) is 3. The second kappa shape index (κ2) is 5.76. The molecule has 1 aromatic rings. The first-order chi connectivity index (χ1) is 9.44. The topological polar surface area (TPSA) is 74.7 Å². The third-order valence-electron chi connectivity index (χ3n) is 3.14. The molecule has 20 heavy (non-hydrogen) atoms. The number of hydrogen-bond donors (Lipinski definition) is 1. The molecule has 0 spiro atoms. The van der Waals surface area contributed by atoms with E-state index in [9.17, 15) is 13.2 Å². The lowest BCUT2D eigenvalue weighted by atomic mass is 10.1. The Labute approximate surface area is 118 Å². The predicted molar refractivity (Wildman–Crippen MR) is 76.0 cm³/mol. The molecule has 0 aromatic heterocycles. The van der Waals surface area contributed by atoms with Crippen molar-refractivity contribution in [2.24, 2.45) is 0 Å². The molecule has 0 unspecified atom stereocenters. The summed E-state index contributed by atoms with van der Waals surface area (Å²) < 4.78 is 26.2. The predicted octanol–water partition coefficient (Wildman–Crippen LogP) is 1.87. The average Bonchev–Trinajstić information content (AvgIpc) is 3.19. The normalized spacial score (nSPS) is 15.2. The van der Waals surface area contributed by atoms with Gasteiger partial charge in [0.1, 0.15) is 0 Å². The highest BCUT2D eigenvalue weighted by molar-refractivity contribution is 7.88. The summed E-state index contributed by atoms with van der Waals surface area (Å²) in [5, 5.41) is 8.93. The van der Waals surface area contributed by atoms with Crippen LogP contribution >= 0.6 is 0 Å². The summed E-state index contributed by atoms with van der Waals surface area (Å²) >= 11 is 0. The number of carboxylic acids is 1. The molecule has 0 heterocycles. The van der Waals surface area contributed by atoms with Crippen molar-refractivity contribution in [1.29, 1.82) is 0 Å². The van der Waals surface area contributed by atoms with Crippen LogP contribution in [0, 0.1) is 0 Å². The van der Waals surface area contributed by atoms with Gasteiger partial charge in [0, 0.05) is 12.6 Å². The van der Waals surface area contributed by atoms with Crippen molar-refractivity contribution in [3.63, 3.8) is 0 Å². The van der Waals surface area contributed by atoms with E-state index in [4.69, 9.17) is 5.11 Å². The number of nitrogens with zero attached hydrogens (tertiary/aromatic N) is 1. The van der Waals surface area contributed by atoms with Gasteiger partial charge in [-0.25, -0.2) is 13.2 Å². The van der Waals surface area contributed by atoms with Crippen molar-refractivity contribution < 1.29 is 18.3 Å². The van der Waals surface area contributed by atoms with E-state index in [1.165, 1.54) is 16.4 Å². The molecule has 0 saturated heterocycles. The van der Waals surface area contributed by atoms with Crippen LogP contribution in [0.25, 0.3) is 0 Å². The van der Waals surface area contributed by atoms with Crippen LogP contribution in [-0.4, -0.2) is 36.4 Å². The fraction of sp³-hybridized carbons (Fsp3) is 0.357. The summed E-state index contributed by atoms with van der Waals surface area (Å²) in [5.74, 6) is -1.24. The Balaban J connectivity index is 2.20. The standard InChI is InChI=1S/C14H17NO4S/c1-2-8-15(13-6-7-13)20(18,19)10-11-4-3-5-12(9-11)14(16)17/h2-5,9,13H,1,6-8,10H2,(H,16,17). The lowest BCUT2D eigenvalue weighted by Crippen LogP contribution is -2.34. The lowest BCUT2D eigenvalue weighted by molar-refractivity contribution is 0.0696. The third kappa shape index (κ3) is 3.46. The lowest BCUT2D eigenvalue weighted by Gasteiger charge is -2.20. The number of sulfonamides is 1. The number of benzene rings is 1. The van der Waals surface area contributed by atoms with Gasteiger partial charge in [0.2, 0.25) is 10.0 Å². The van der Waals surface area contributed by atoms with Crippen LogP contribution in [0.15, 0.2) is 36.9 Å². The van der Waals surface area contributed by atoms with Crippen molar-refractivity contribution in [3.8, 4) is 0 Å². The van der Waals surface area contributed by atoms with E-state index in [2.05, 4.69) is 6.58 Å². The van der Waals surface area contributed by atoms with E-state index in [0.717, 1.165) is 12.8 Å². The summed E-state index contributed by atoms with van der Waals surface area (Å²) in [6.45, 7) is 3.88. The van der Waals surface area contributed by atoms with Gasteiger partial charge in [0.05, 0.1) is 11.3 Å². The van der Waals surface area contributed by atoms with Crippen molar-refractivity contribution in [2.45, 2.75) is 24.6 Å². The number of carbonyl (C=O) groups is 1. The highest BCUT2D eigenvalue weighted by atomic mass is 32.2. The number of carboxylic acid groups (broad SMARTS) is 1. The number of rotatable bonds is 7. The molecule has 1 N–H and O–H groups in total. The molecule has 1 aliphatic carbocycles. The summed E-state index contributed by atoms with van der Waals surface area (Å²) in [6, 6.07) is 6.10. The molecule has 1 saturated carbocycles. The van der Waals surface area contributed by atoms with Gasteiger partial charge >= 0.3 is 5.97 Å². The zero-order chi connectivity index (χ0) is 14.8. The molecule has 6 heteroatoms. The summed E-state index contributed by atoms with van der Waals surface area (Å²) in [6.07, 6.45) is 3.33. The second-order valence-electron chi connectivity index (χ2n) is 4.85. The molecule has 0 atom stereocenters. The summed E-state index contributed by atoms with van der Waals surface area (Å²) in [4.78, 5) is 10.9. The zero-order valence-corrected chi connectivity index (χ0v) is 11.8. The van der Waals surface area contributed by atoms with Crippen LogP contribution in [0.3, 0.4) is 0 Å². The van der Waals surface area contributed by atoms with Crippen molar-refractivity contribution in [3.05, 3.63) is 48.0 Å². The molecule has 0 radical (unpaired) electrons. The highest BCUT2D eigenvalue weighted by Gasteiger charge is 2.36. The number of aromatic carboxylic acids is 1. The van der Waals surface area contributed by atoms with Crippen LogP contribution in [0.2, 0.25) is 0 Å². The molecule has 2 rings (SSSR count). The van der Waals surface area contributed by atoms with E-state index in [-0.39, 0.29) is 17.4 Å². The molecule has 1 aliphatic rings. The third-order valence-corrected chi connectivity index (χ3v) is 5.00. The van der Waals surface area contributed by atoms with Gasteiger partial charge in [-0.2, -0.15) is 4.31 Å². The Morgan fingerprint density at radius 2 is 2.15 bits per heavy atom. The van der Waals surface area contributed by atoms with E-state index in [1.807, 2.05) is 0 Å². The van der Waals surface area contributed by atoms with Crippen LogP contribution in [0.5, 0.6) is 0 Å². The average molecular weight is 295 g/mol. The molecule has 1 aromatic carbocycles. The Hall–Kier alpha value is -1.66. The molecule has 0 bridgehead atoms. The molecular formula is C14H17NO4S. The second-order valence-corrected chi connectivity index (χ2v) is 6.77. The fourth-order valence-corrected chi connectivity index (χ4v) is 3.83. The van der Waals surface area contributed by atoms with Gasteiger partial charge in [-0.15, -0.1) is 6.58 Å². The van der Waals surface area contributed by atoms with Gasteiger partial charge in [-0.3, -0.25) is 0 Å². The summed E-state index contributed by atoms with van der Waals surface area (Å²) in [5.41, 5.74) is 0.582. The van der Waals surface area contributed by atoms with Crippen molar-refractivity contribution in [1.82, 2.24) is 4.31 Å². The Morgan fingerprint density at radius 3 is 2.70 bits per heavy atom. The first kappa shape index (κ1) is 14.7. The van der Waals surface area contributed by atoms with Gasteiger partial charge < -0.3 is 5.11 Å². The molecule has 1 fully saturated rings. The van der Waals surface area contributed by atoms with E-state index >= 15 is 0 Å². The van der Waals surface area contributed by atoms with Crippen LogP contribution in [-0.2, 0) is 15.8 Å². The smallest absolute Gasteiger partial charge is 0.335 e. The first-order valence-electron chi connectivity index (χ1n) is 6.36. The molecule has 0 aliphatic heterocycles. The Bertz CT molecular complexity index is 620. The molecule has 5 nitrogen and oxygen atoms in total. The van der Waals surface area contributed by atoms with Crippen LogP contribution < -0.4 is 0 Å². The van der Waals surface area contributed by atoms with Gasteiger partial charge in [0.15, 0.2) is 0 Å². The minimum absolute atomic E-state index is 0.0701. The molecule has 108 valence electrons. The molecular weight excluding hydrogens is 278 g/mol.